The van der Waals surface area contributed by atoms with Gasteiger partial charge in [-0.25, -0.2) is 0 Å². The van der Waals surface area contributed by atoms with Crippen molar-refractivity contribution in [1.29, 1.82) is 0 Å². The highest BCUT2D eigenvalue weighted by Crippen LogP contribution is 2.26. The number of hydrogen-bond donors (Lipinski definition) is 2. The molecule has 2 rings (SSSR count). The summed E-state index contributed by atoms with van der Waals surface area (Å²) in [7, 11) is 1.44. The third kappa shape index (κ3) is 5.18. The molecule has 2 saturated heterocycles. The third-order valence-electron chi connectivity index (χ3n) is 4.97. The first-order valence-corrected chi connectivity index (χ1v) is 8.77. The molecule has 132 valence electrons. The molecule has 0 aromatic carbocycles. The van der Waals surface area contributed by atoms with E-state index in [0.717, 1.165) is 32.1 Å². The maximum Gasteiger partial charge on any atom is 0.309 e. The molecule has 0 aromatic rings. The SMILES string of the molecule is CCOC(=O)C1CC(C)NC(CC2CCC(C(=O)OC)CN2)C1. The number of carbonyl (C=O) groups is 2. The molecule has 23 heavy (non-hydrogen) atoms. The average molecular weight is 326 g/mol. The zero-order valence-corrected chi connectivity index (χ0v) is 14.5. The molecule has 2 fully saturated rings. The molecule has 5 atom stereocenters. The van der Waals surface area contributed by atoms with E-state index in [1.807, 2.05) is 6.92 Å². The Kier molecular flexibility index (Phi) is 6.84. The monoisotopic (exact) mass is 326 g/mol. The standard InChI is InChI=1S/C17H30N2O4/c1-4-23-17(21)13-7-11(2)19-15(8-13)9-14-6-5-12(10-18-14)16(20)22-3/h11-15,18-19H,4-10H2,1-3H3. The summed E-state index contributed by atoms with van der Waals surface area (Å²) in [6.07, 6.45) is 4.50. The van der Waals surface area contributed by atoms with Crippen LogP contribution < -0.4 is 10.6 Å². The molecule has 0 radical (unpaired) electrons. The Labute approximate surface area is 138 Å². The van der Waals surface area contributed by atoms with Crippen molar-refractivity contribution in [1.82, 2.24) is 10.6 Å². The second-order valence-electron chi connectivity index (χ2n) is 6.82. The summed E-state index contributed by atoms with van der Waals surface area (Å²) in [6.45, 7) is 5.10. The third-order valence-corrected chi connectivity index (χ3v) is 4.97. The van der Waals surface area contributed by atoms with E-state index in [1.165, 1.54) is 7.11 Å². The number of carbonyl (C=O) groups excluding carboxylic acids is 2. The fourth-order valence-electron chi connectivity index (χ4n) is 3.85. The number of nitrogens with one attached hydrogen (secondary N) is 2. The van der Waals surface area contributed by atoms with Gasteiger partial charge in [0.25, 0.3) is 0 Å². The molecule has 0 spiro atoms. The summed E-state index contributed by atoms with van der Waals surface area (Å²) in [5.74, 6) is -0.208. The Bertz CT molecular complexity index is 407. The van der Waals surface area contributed by atoms with Gasteiger partial charge in [0, 0.05) is 24.7 Å². The molecule has 2 aliphatic rings. The van der Waals surface area contributed by atoms with E-state index in [0.29, 0.717) is 31.3 Å². The molecular weight excluding hydrogens is 296 g/mol. The Morgan fingerprint density at radius 2 is 1.87 bits per heavy atom. The molecule has 2 aliphatic heterocycles. The van der Waals surface area contributed by atoms with Crippen LogP contribution in [0, 0.1) is 11.8 Å². The van der Waals surface area contributed by atoms with Crippen molar-refractivity contribution in [2.45, 2.75) is 64.1 Å². The molecule has 6 heteroatoms. The van der Waals surface area contributed by atoms with E-state index in [-0.39, 0.29) is 23.8 Å². The van der Waals surface area contributed by atoms with Crippen LogP contribution in [0.3, 0.4) is 0 Å². The molecular formula is C17H30N2O4. The lowest BCUT2D eigenvalue weighted by atomic mass is 9.83. The summed E-state index contributed by atoms with van der Waals surface area (Å²) in [4.78, 5) is 23.6. The Hall–Kier alpha value is -1.14. The van der Waals surface area contributed by atoms with Gasteiger partial charge in [-0.15, -0.1) is 0 Å². The van der Waals surface area contributed by atoms with Gasteiger partial charge in [-0.1, -0.05) is 0 Å². The zero-order valence-electron chi connectivity index (χ0n) is 14.5. The number of methoxy groups -OCH3 is 1. The lowest BCUT2D eigenvalue weighted by Gasteiger charge is -2.37. The number of esters is 2. The molecule has 5 unspecified atom stereocenters. The maximum atomic E-state index is 12.0. The number of piperidine rings is 2. The lowest BCUT2D eigenvalue weighted by Crippen LogP contribution is -2.50. The first-order valence-electron chi connectivity index (χ1n) is 8.77. The summed E-state index contributed by atoms with van der Waals surface area (Å²) in [5, 5.41) is 7.06. The van der Waals surface area contributed by atoms with E-state index < -0.39 is 0 Å². The Balaban J connectivity index is 1.81. The predicted octanol–water partition coefficient (Wildman–Crippen LogP) is 1.24. The average Bonchev–Trinajstić information content (AvgIpc) is 2.54. The number of hydrogen-bond acceptors (Lipinski definition) is 6. The molecule has 6 nitrogen and oxygen atoms in total. The normalized spacial score (nSPS) is 34.7. The van der Waals surface area contributed by atoms with Crippen LogP contribution in [0.15, 0.2) is 0 Å². The van der Waals surface area contributed by atoms with E-state index >= 15 is 0 Å². The molecule has 0 amide bonds. The van der Waals surface area contributed by atoms with Gasteiger partial charge in [0.15, 0.2) is 0 Å². The van der Waals surface area contributed by atoms with Crippen molar-refractivity contribution in [3.8, 4) is 0 Å². The first-order chi connectivity index (χ1) is 11.0. The van der Waals surface area contributed by atoms with E-state index in [9.17, 15) is 9.59 Å². The first kappa shape index (κ1) is 18.2. The minimum Gasteiger partial charge on any atom is -0.469 e. The van der Waals surface area contributed by atoms with Crippen LogP contribution >= 0.6 is 0 Å². The van der Waals surface area contributed by atoms with Gasteiger partial charge in [0.2, 0.25) is 0 Å². The fraction of sp³-hybridized carbons (Fsp3) is 0.882. The summed E-state index contributed by atoms with van der Waals surface area (Å²) >= 11 is 0. The molecule has 0 aliphatic carbocycles. The summed E-state index contributed by atoms with van der Waals surface area (Å²) in [5.41, 5.74) is 0. The minimum absolute atomic E-state index is 0.00242. The van der Waals surface area contributed by atoms with Crippen LogP contribution in [-0.2, 0) is 19.1 Å². The van der Waals surface area contributed by atoms with Gasteiger partial charge in [-0.2, -0.15) is 0 Å². The van der Waals surface area contributed by atoms with E-state index in [1.54, 1.807) is 0 Å². The second-order valence-corrected chi connectivity index (χ2v) is 6.82. The van der Waals surface area contributed by atoms with E-state index in [4.69, 9.17) is 9.47 Å². The minimum atomic E-state index is -0.122. The van der Waals surface area contributed by atoms with Gasteiger partial charge in [0.05, 0.1) is 25.6 Å². The van der Waals surface area contributed by atoms with Crippen LogP contribution in [0.4, 0.5) is 0 Å². The van der Waals surface area contributed by atoms with Crippen LogP contribution in [0.5, 0.6) is 0 Å². The van der Waals surface area contributed by atoms with Crippen molar-refractivity contribution in [2.75, 3.05) is 20.3 Å². The van der Waals surface area contributed by atoms with Crippen LogP contribution in [0.2, 0.25) is 0 Å². The fourth-order valence-corrected chi connectivity index (χ4v) is 3.85. The van der Waals surface area contributed by atoms with Crippen molar-refractivity contribution >= 4 is 11.9 Å². The highest BCUT2D eigenvalue weighted by atomic mass is 16.5. The van der Waals surface area contributed by atoms with Gasteiger partial charge in [-0.05, 0) is 46.0 Å². The molecule has 0 bridgehead atoms. The highest BCUT2D eigenvalue weighted by molar-refractivity contribution is 5.73. The zero-order chi connectivity index (χ0) is 16.8. The van der Waals surface area contributed by atoms with E-state index in [2.05, 4.69) is 17.6 Å². The van der Waals surface area contributed by atoms with Crippen LogP contribution in [-0.4, -0.2) is 50.3 Å². The van der Waals surface area contributed by atoms with Crippen molar-refractivity contribution in [3.63, 3.8) is 0 Å². The molecule has 0 saturated carbocycles. The van der Waals surface area contributed by atoms with Gasteiger partial charge < -0.3 is 20.1 Å². The van der Waals surface area contributed by atoms with Crippen LogP contribution in [0.25, 0.3) is 0 Å². The maximum absolute atomic E-state index is 12.0. The van der Waals surface area contributed by atoms with Gasteiger partial charge in [0.1, 0.15) is 0 Å². The molecule has 2 heterocycles. The molecule has 0 aromatic heterocycles. The quantitative estimate of drug-likeness (QED) is 0.740. The predicted molar refractivity (Wildman–Crippen MR) is 86.9 cm³/mol. The smallest absolute Gasteiger partial charge is 0.309 e. The number of rotatable bonds is 5. The summed E-state index contributed by atoms with van der Waals surface area (Å²) < 4.78 is 10.00. The Morgan fingerprint density at radius 1 is 1.09 bits per heavy atom. The van der Waals surface area contributed by atoms with Crippen molar-refractivity contribution in [2.24, 2.45) is 11.8 Å². The second kappa shape index (κ2) is 8.64. The van der Waals surface area contributed by atoms with Crippen molar-refractivity contribution < 1.29 is 19.1 Å². The van der Waals surface area contributed by atoms with Gasteiger partial charge in [-0.3, -0.25) is 9.59 Å². The molecule has 2 N–H and O–H groups in total. The number of ether oxygens (including phenoxy) is 2. The topological polar surface area (TPSA) is 76.7 Å². The largest absolute Gasteiger partial charge is 0.469 e. The van der Waals surface area contributed by atoms with Crippen LogP contribution in [0.1, 0.15) is 46.0 Å². The van der Waals surface area contributed by atoms with Crippen molar-refractivity contribution in [3.05, 3.63) is 0 Å². The highest BCUT2D eigenvalue weighted by Gasteiger charge is 2.34. The Morgan fingerprint density at radius 3 is 2.48 bits per heavy atom. The lowest BCUT2D eigenvalue weighted by molar-refractivity contribution is -0.150. The van der Waals surface area contributed by atoms with Gasteiger partial charge >= 0.3 is 11.9 Å². The summed E-state index contributed by atoms with van der Waals surface area (Å²) in [6, 6.07) is 1.04.